The third kappa shape index (κ3) is 5.60. The van der Waals surface area contributed by atoms with E-state index in [4.69, 9.17) is 4.42 Å². The van der Waals surface area contributed by atoms with Crippen molar-refractivity contribution in [3.63, 3.8) is 0 Å². The molecule has 0 bridgehead atoms. The van der Waals surface area contributed by atoms with Crippen LogP contribution < -0.4 is 4.90 Å². The first-order chi connectivity index (χ1) is 26.8. The van der Waals surface area contributed by atoms with E-state index in [2.05, 4.69) is 192 Å². The average molecular weight is 691 g/mol. The topological polar surface area (TPSA) is 29.3 Å². The van der Waals surface area contributed by atoms with Crippen molar-refractivity contribution in [1.82, 2.24) is 4.98 Å². The summed E-state index contributed by atoms with van der Waals surface area (Å²) in [6, 6.07) is 68.9. The Morgan fingerprint density at radius 3 is 1.74 bits per heavy atom. The van der Waals surface area contributed by atoms with Gasteiger partial charge in [-0.2, -0.15) is 0 Å². The van der Waals surface area contributed by atoms with E-state index >= 15 is 0 Å². The number of benzene rings is 8. The average Bonchev–Trinajstić information content (AvgIpc) is 3.63. The first kappa shape index (κ1) is 31.5. The molecule has 54 heavy (non-hydrogen) atoms. The highest BCUT2D eigenvalue weighted by atomic mass is 16.3. The van der Waals surface area contributed by atoms with Gasteiger partial charge < -0.3 is 9.32 Å². The zero-order valence-electron chi connectivity index (χ0n) is 29.4. The van der Waals surface area contributed by atoms with Gasteiger partial charge in [-0.05, 0) is 98.4 Å². The summed E-state index contributed by atoms with van der Waals surface area (Å²) in [5.41, 5.74) is 14.2. The molecule has 0 spiro atoms. The zero-order chi connectivity index (χ0) is 35.8. The van der Waals surface area contributed by atoms with Crippen LogP contribution in [-0.4, -0.2) is 4.98 Å². The molecule has 0 atom stereocenters. The van der Waals surface area contributed by atoms with Gasteiger partial charge in [0, 0.05) is 34.5 Å². The van der Waals surface area contributed by atoms with E-state index in [1.807, 2.05) is 24.5 Å². The Bertz CT molecular complexity index is 2920. The van der Waals surface area contributed by atoms with Crippen molar-refractivity contribution in [1.29, 1.82) is 0 Å². The van der Waals surface area contributed by atoms with Gasteiger partial charge in [0.1, 0.15) is 11.2 Å². The van der Waals surface area contributed by atoms with E-state index in [1.54, 1.807) is 0 Å². The van der Waals surface area contributed by atoms with Crippen LogP contribution in [0.2, 0.25) is 0 Å². The van der Waals surface area contributed by atoms with Crippen LogP contribution in [0.25, 0.3) is 77.2 Å². The van der Waals surface area contributed by atoms with E-state index < -0.39 is 0 Å². The van der Waals surface area contributed by atoms with Crippen LogP contribution in [0.3, 0.4) is 0 Å². The molecule has 0 aliphatic carbocycles. The Balaban J connectivity index is 1.19. The van der Waals surface area contributed by atoms with Crippen molar-refractivity contribution >= 4 is 49.8 Å². The fourth-order valence-corrected chi connectivity index (χ4v) is 7.76. The van der Waals surface area contributed by atoms with Gasteiger partial charge in [0.25, 0.3) is 0 Å². The molecule has 2 heterocycles. The Labute approximate surface area is 314 Å². The lowest BCUT2D eigenvalue weighted by atomic mass is 9.91. The second kappa shape index (κ2) is 13.4. The van der Waals surface area contributed by atoms with Crippen LogP contribution >= 0.6 is 0 Å². The molecular weight excluding hydrogens is 657 g/mol. The number of hydrogen-bond acceptors (Lipinski definition) is 3. The van der Waals surface area contributed by atoms with Gasteiger partial charge in [0.2, 0.25) is 0 Å². The summed E-state index contributed by atoms with van der Waals surface area (Å²) in [6.07, 6.45) is 3.83. The Kier molecular flexibility index (Phi) is 7.81. The number of pyridine rings is 1. The number of fused-ring (bicyclic) bond motifs is 4. The van der Waals surface area contributed by atoms with E-state index in [9.17, 15) is 0 Å². The molecule has 0 unspecified atom stereocenters. The number of aromatic nitrogens is 1. The number of nitrogens with zero attached hydrogens (tertiary/aromatic N) is 2. The summed E-state index contributed by atoms with van der Waals surface area (Å²) in [5, 5.41) is 4.25. The highest BCUT2D eigenvalue weighted by Gasteiger charge is 2.23. The zero-order valence-corrected chi connectivity index (χ0v) is 29.4. The number of furan rings is 1. The molecular formula is C51H34N2O. The summed E-state index contributed by atoms with van der Waals surface area (Å²) >= 11 is 0. The van der Waals surface area contributed by atoms with Crippen LogP contribution in [0.15, 0.2) is 211 Å². The van der Waals surface area contributed by atoms with Crippen molar-refractivity contribution in [2.24, 2.45) is 0 Å². The molecule has 0 saturated carbocycles. The Hall–Kier alpha value is -7.23. The maximum Gasteiger partial charge on any atom is 0.138 e. The molecule has 0 N–H and O–H groups in total. The monoisotopic (exact) mass is 690 g/mol. The summed E-state index contributed by atoms with van der Waals surface area (Å²) < 4.78 is 6.54. The van der Waals surface area contributed by atoms with Gasteiger partial charge >= 0.3 is 0 Å². The number of rotatable bonds is 7. The Morgan fingerprint density at radius 2 is 1.00 bits per heavy atom. The smallest absolute Gasteiger partial charge is 0.138 e. The molecule has 3 heteroatoms. The van der Waals surface area contributed by atoms with Gasteiger partial charge in [-0.15, -0.1) is 0 Å². The van der Waals surface area contributed by atoms with Crippen molar-refractivity contribution in [2.75, 3.05) is 4.90 Å². The summed E-state index contributed by atoms with van der Waals surface area (Å²) in [4.78, 5) is 7.02. The lowest BCUT2D eigenvalue weighted by Crippen LogP contribution is -2.11. The lowest BCUT2D eigenvalue weighted by Gasteiger charge is -2.28. The molecule has 254 valence electrons. The molecule has 0 amide bonds. The van der Waals surface area contributed by atoms with Gasteiger partial charge in [0.05, 0.1) is 11.1 Å². The molecule has 0 fully saturated rings. The second-order valence-electron chi connectivity index (χ2n) is 13.6. The number of para-hydroxylation sites is 1. The van der Waals surface area contributed by atoms with Gasteiger partial charge in [-0.3, -0.25) is 4.98 Å². The van der Waals surface area contributed by atoms with E-state index in [-0.39, 0.29) is 0 Å². The van der Waals surface area contributed by atoms with Crippen molar-refractivity contribution in [3.8, 4) is 44.5 Å². The van der Waals surface area contributed by atoms with Gasteiger partial charge in [-0.25, -0.2) is 0 Å². The minimum Gasteiger partial charge on any atom is -0.456 e. The lowest BCUT2D eigenvalue weighted by molar-refractivity contribution is 0.669. The predicted octanol–water partition coefficient (Wildman–Crippen LogP) is 14.3. The largest absolute Gasteiger partial charge is 0.456 e. The molecule has 0 aliphatic heterocycles. The summed E-state index contributed by atoms with van der Waals surface area (Å²) in [5.74, 6) is 0. The van der Waals surface area contributed by atoms with Crippen LogP contribution in [0.1, 0.15) is 0 Å². The fraction of sp³-hybridized carbons (Fsp3) is 0. The molecule has 0 aliphatic rings. The minimum absolute atomic E-state index is 0.844. The highest BCUT2D eigenvalue weighted by molar-refractivity contribution is 6.21. The number of hydrogen-bond donors (Lipinski definition) is 0. The molecule has 8 aromatic carbocycles. The van der Waals surface area contributed by atoms with Crippen molar-refractivity contribution < 1.29 is 4.42 Å². The summed E-state index contributed by atoms with van der Waals surface area (Å²) in [7, 11) is 0. The van der Waals surface area contributed by atoms with Gasteiger partial charge in [-0.1, -0.05) is 146 Å². The molecule has 0 radical (unpaired) electrons. The Morgan fingerprint density at radius 1 is 0.389 bits per heavy atom. The molecule has 10 rings (SSSR count). The second-order valence-corrected chi connectivity index (χ2v) is 13.6. The SMILES string of the molecule is c1ccc(-c2cccc(N(c3ccc(-c4ccc(-c5ccccc5)cc4-c4ccccc4)cc3)c3c4cnccc4cc4oc5ccccc5c34)c2)cc1. The normalized spacial score (nSPS) is 11.3. The first-order valence-electron chi connectivity index (χ1n) is 18.3. The first-order valence-corrected chi connectivity index (χ1v) is 18.3. The van der Waals surface area contributed by atoms with E-state index in [0.29, 0.717) is 0 Å². The fourth-order valence-electron chi connectivity index (χ4n) is 7.76. The maximum absolute atomic E-state index is 6.54. The van der Waals surface area contributed by atoms with E-state index in [0.717, 1.165) is 60.9 Å². The molecule has 2 aromatic heterocycles. The van der Waals surface area contributed by atoms with Crippen molar-refractivity contribution in [2.45, 2.75) is 0 Å². The highest BCUT2D eigenvalue weighted by Crippen LogP contribution is 2.48. The standard InChI is InChI=1S/C51H34N2O/c1-4-13-35(14-5-1)39-19-12-20-43(31-39)53(51-47-34-52-30-29-41(47)33-49-50(51)45-21-10-11-22-48(45)54-49)42-26-23-38(24-27-42)44-28-25-40(36-15-6-2-7-16-36)32-46(44)37-17-8-3-9-18-37/h1-34H. The van der Waals surface area contributed by atoms with Gasteiger partial charge in [0.15, 0.2) is 0 Å². The van der Waals surface area contributed by atoms with E-state index in [1.165, 1.54) is 33.4 Å². The molecule has 3 nitrogen and oxygen atoms in total. The van der Waals surface area contributed by atoms with Crippen LogP contribution in [0.4, 0.5) is 17.1 Å². The maximum atomic E-state index is 6.54. The minimum atomic E-state index is 0.844. The van der Waals surface area contributed by atoms with Crippen LogP contribution in [0, 0.1) is 0 Å². The third-order valence-electron chi connectivity index (χ3n) is 10.3. The number of anilines is 3. The molecule has 0 saturated heterocycles. The third-order valence-corrected chi connectivity index (χ3v) is 10.3. The van der Waals surface area contributed by atoms with Crippen LogP contribution in [0.5, 0.6) is 0 Å². The summed E-state index contributed by atoms with van der Waals surface area (Å²) in [6.45, 7) is 0. The van der Waals surface area contributed by atoms with Crippen molar-refractivity contribution in [3.05, 3.63) is 207 Å². The molecule has 10 aromatic rings. The predicted molar refractivity (Wildman–Crippen MR) is 225 cm³/mol. The van der Waals surface area contributed by atoms with Crippen LogP contribution in [-0.2, 0) is 0 Å². The quantitative estimate of drug-likeness (QED) is 0.167.